The highest BCUT2D eigenvalue weighted by Gasteiger charge is 2.18. The number of hydrogen-bond acceptors (Lipinski definition) is 4. The van der Waals surface area contributed by atoms with Crippen LogP contribution in [0.2, 0.25) is 10.0 Å². The van der Waals surface area contributed by atoms with Crippen LogP contribution in [-0.4, -0.2) is 28.2 Å². The number of hydrogen-bond donors (Lipinski definition) is 3. The van der Waals surface area contributed by atoms with Gasteiger partial charge >= 0.3 is 5.97 Å². The number of nitrogens with one attached hydrogen (secondary N) is 1. The summed E-state index contributed by atoms with van der Waals surface area (Å²) in [7, 11) is 0. The molecule has 0 radical (unpaired) electrons. The topological polar surface area (TPSA) is 95.9 Å². The molecule has 1 amide bonds. The van der Waals surface area contributed by atoms with E-state index >= 15 is 0 Å². The molecule has 2 aromatic carbocycles. The molecule has 1 atom stereocenters. The molecule has 0 aliphatic carbocycles. The van der Waals surface area contributed by atoms with E-state index in [1.165, 1.54) is 25.1 Å². The van der Waals surface area contributed by atoms with Crippen LogP contribution in [0.25, 0.3) is 0 Å². The maximum atomic E-state index is 12.1. The maximum Gasteiger partial charge on any atom is 0.339 e. The average Bonchev–Trinajstić information content (AvgIpc) is 2.49. The Labute approximate surface area is 147 Å². The lowest BCUT2D eigenvalue weighted by molar-refractivity contribution is -0.122. The second-order valence-electron chi connectivity index (χ2n) is 4.86. The zero-order chi connectivity index (χ0) is 17.9. The standard InChI is InChI=1S/C16H13Cl2NO5/c1-8(24-14-5-2-9(17)6-12(14)18)15(21)19-10-3-4-11(16(22)23)13(20)7-10/h2-8,20H,1H3,(H,19,21)(H,22,23). The quantitative estimate of drug-likeness (QED) is 0.744. The highest BCUT2D eigenvalue weighted by molar-refractivity contribution is 6.35. The van der Waals surface area contributed by atoms with Gasteiger partial charge in [-0.05, 0) is 37.3 Å². The number of ether oxygens (including phenoxy) is 1. The summed E-state index contributed by atoms with van der Waals surface area (Å²) in [6.45, 7) is 1.52. The zero-order valence-corrected chi connectivity index (χ0v) is 13.9. The van der Waals surface area contributed by atoms with Crippen LogP contribution in [-0.2, 0) is 4.79 Å². The van der Waals surface area contributed by atoms with Crippen LogP contribution < -0.4 is 10.1 Å². The van der Waals surface area contributed by atoms with Crippen molar-refractivity contribution in [1.29, 1.82) is 0 Å². The van der Waals surface area contributed by atoms with Gasteiger partial charge in [0.05, 0.1) is 5.02 Å². The number of carboxylic acid groups (broad SMARTS) is 1. The number of anilines is 1. The van der Waals surface area contributed by atoms with E-state index in [2.05, 4.69) is 5.32 Å². The number of aromatic carboxylic acids is 1. The van der Waals surface area contributed by atoms with Crippen molar-refractivity contribution >= 4 is 40.8 Å². The number of rotatable bonds is 5. The SMILES string of the molecule is CC(Oc1ccc(Cl)cc1Cl)C(=O)Nc1ccc(C(=O)O)c(O)c1. The third-order valence-electron chi connectivity index (χ3n) is 3.06. The Morgan fingerprint density at radius 1 is 1.17 bits per heavy atom. The molecule has 2 rings (SSSR count). The molecule has 1 unspecified atom stereocenters. The molecule has 0 bridgehead atoms. The molecule has 24 heavy (non-hydrogen) atoms. The maximum absolute atomic E-state index is 12.1. The minimum atomic E-state index is -1.26. The van der Waals surface area contributed by atoms with Gasteiger partial charge < -0.3 is 20.3 Å². The zero-order valence-electron chi connectivity index (χ0n) is 12.4. The Kier molecular flexibility index (Phi) is 5.54. The van der Waals surface area contributed by atoms with E-state index in [1.54, 1.807) is 12.1 Å². The van der Waals surface area contributed by atoms with Crippen LogP contribution in [0, 0.1) is 0 Å². The van der Waals surface area contributed by atoms with Crippen molar-refractivity contribution < 1.29 is 24.5 Å². The van der Waals surface area contributed by atoms with Gasteiger partial charge in [0.25, 0.3) is 5.91 Å². The fraction of sp³-hybridized carbons (Fsp3) is 0.125. The van der Waals surface area contributed by atoms with Crippen molar-refractivity contribution in [2.24, 2.45) is 0 Å². The van der Waals surface area contributed by atoms with E-state index in [4.69, 9.17) is 33.0 Å². The van der Waals surface area contributed by atoms with Crippen molar-refractivity contribution in [2.45, 2.75) is 13.0 Å². The summed E-state index contributed by atoms with van der Waals surface area (Å²) in [5.74, 6) is -1.91. The molecule has 0 spiro atoms. The highest BCUT2D eigenvalue weighted by Crippen LogP contribution is 2.28. The fourth-order valence-electron chi connectivity index (χ4n) is 1.85. The second kappa shape index (κ2) is 7.42. The molecule has 0 aliphatic heterocycles. The van der Waals surface area contributed by atoms with Gasteiger partial charge in [-0.3, -0.25) is 4.79 Å². The van der Waals surface area contributed by atoms with Gasteiger partial charge in [0, 0.05) is 16.8 Å². The number of carbonyl (C=O) groups is 2. The molecule has 0 saturated heterocycles. The second-order valence-corrected chi connectivity index (χ2v) is 5.70. The Balaban J connectivity index is 2.06. The van der Waals surface area contributed by atoms with Crippen molar-refractivity contribution in [2.75, 3.05) is 5.32 Å². The van der Waals surface area contributed by atoms with Gasteiger partial charge in [0.1, 0.15) is 17.1 Å². The first-order valence-electron chi connectivity index (χ1n) is 6.77. The van der Waals surface area contributed by atoms with Gasteiger partial charge in [-0.25, -0.2) is 4.79 Å². The molecule has 126 valence electrons. The number of phenols is 1. The van der Waals surface area contributed by atoms with Crippen LogP contribution in [0.3, 0.4) is 0 Å². The van der Waals surface area contributed by atoms with Crippen molar-refractivity contribution in [1.82, 2.24) is 0 Å². The summed E-state index contributed by atoms with van der Waals surface area (Å²) >= 11 is 11.8. The average molecular weight is 370 g/mol. The van der Waals surface area contributed by atoms with E-state index in [0.29, 0.717) is 10.8 Å². The molecule has 2 aromatic rings. The van der Waals surface area contributed by atoms with Crippen LogP contribution in [0.5, 0.6) is 11.5 Å². The summed E-state index contributed by atoms with van der Waals surface area (Å²) < 4.78 is 5.47. The first kappa shape index (κ1) is 17.9. The monoisotopic (exact) mass is 369 g/mol. The lowest BCUT2D eigenvalue weighted by Gasteiger charge is -2.16. The van der Waals surface area contributed by atoms with E-state index in [-0.39, 0.29) is 16.3 Å². The number of amides is 1. The summed E-state index contributed by atoms with van der Waals surface area (Å²) in [6, 6.07) is 8.31. The first-order valence-corrected chi connectivity index (χ1v) is 7.52. The number of carboxylic acids is 1. The van der Waals surface area contributed by atoms with E-state index in [9.17, 15) is 14.7 Å². The largest absolute Gasteiger partial charge is 0.507 e. The van der Waals surface area contributed by atoms with Gasteiger partial charge in [-0.15, -0.1) is 0 Å². The van der Waals surface area contributed by atoms with Crippen molar-refractivity contribution in [3.63, 3.8) is 0 Å². The molecular weight excluding hydrogens is 357 g/mol. The number of carbonyl (C=O) groups excluding carboxylic acids is 1. The number of benzene rings is 2. The van der Waals surface area contributed by atoms with Crippen molar-refractivity contribution in [3.8, 4) is 11.5 Å². The summed E-state index contributed by atoms with van der Waals surface area (Å²) in [6.07, 6.45) is -0.884. The van der Waals surface area contributed by atoms with E-state index in [0.717, 1.165) is 6.07 Å². The molecular formula is C16H13Cl2NO5. The predicted molar refractivity (Wildman–Crippen MR) is 90.2 cm³/mol. The third-order valence-corrected chi connectivity index (χ3v) is 3.59. The lowest BCUT2D eigenvalue weighted by Crippen LogP contribution is -2.30. The Hall–Kier alpha value is -2.44. The van der Waals surface area contributed by atoms with Crippen LogP contribution in [0.15, 0.2) is 36.4 Å². The van der Waals surface area contributed by atoms with Gasteiger partial charge in [0.2, 0.25) is 0 Å². The summed E-state index contributed by atoms with van der Waals surface area (Å²) in [4.78, 5) is 23.0. The van der Waals surface area contributed by atoms with Crippen molar-refractivity contribution in [3.05, 3.63) is 52.0 Å². The molecule has 0 fully saturated rings. The number of halogens is 2. The molecule has 0 aliphatic rings. The highest BCUT2D eigenvalue weighted by atomic mass is 35.5. The van der Waals surface area contributed by atoms with Gasteiger partial charge in [-0.2, -0.15) is 0 Å². The van der Waals surface area contributed by atoms with E-state index < -0.39 is 23.7 Å². The smallest absolute Gasteiger partial charge is 0.339 e. The normalized spacial score (nSPS) is 11.6. The first-order chi connectivity index (χ1) is 11.3. The Morgan fingerprint density at radius 2 is 1.88 bits per heavy atom. The van der Waals surface area contributed by atoms with Gasteiger partial charge in [0.15, 0.2) is 6.10 Å². The predicted octanol–water partition coefficient (Wildman–Crippen LogP) is 3.80. The van der Waals surface area contributed by atoms with Crippen LogP contribution in [0.1, 0.15) is 17.3 Å². The minimum absolute atomic E-state index is 0.236. The summed E-state index contributed by atoms with van der Waals surface area (Å²) in [5, 5.41) is 21.7. The van der Waals surface area contributed by atoms with Crippen LogP contribution in [0.4, 0.5) is 5.69 Å². The molecule has 8 heteroatoms. The third kappa shape index (κ3) is 4.31. The Bertz CT molecular complexity index is 794. The minimum Gasteiger partial charge on any atom is -0.507 e. The fourth-order valence-corrected chi connectivity index (χ4v) is 2.30. The Morgan fingerprint density at radius 3 is 2.46 bits per heavy atom. The van der Waals surface area contributed by atoms with E-state index in [1.807, 2.05) is 0 Å². The van der Waals surface area contributed by atoms with Gasteiger partial charge in [-0.1, -0.05) is 23.2 Å². The lowest BCUT2D eigenvalue weighted by atomic mass is 10.2. The molecule has 0 saturated carbocycles. The van der Waals surface area contributed by atoms with Crippen LogP contribution >= 0.6 is 23.2 Å². The molecule has 3 N–H and O–H groups in total. The summed E-state index contributed by atoms with van der Waals surface area (Å²) in [5.41, 5.74) is -0.0228. The molecule has 0 heterocycles. The molecule has 6 nitrogen and oxygen atoms in total. The number of aromatic hydroxyl groups is 1. The molecule has 0 aromatic heterocycles.